The Kier molecular flexibility index (Phi) is 4.43. The molecular weight excluding hydrogens is 234 g/mol. The summed E-state index contributed by atoms with van der Waals surface area (Å²) in [6, 6.07) is 6.56. The van der Waals surface area contributed by atoms with Crippen LogP contribution in [0.15, 0.2) is 18.2 Å². The van der Waals surface area contributed by atoms with Crippen molar-refractivity contribution in [3.63, 3.8) is 0 Å². The molecule has 0 saturated carbocycles. The highest BCUT2D eigenvalue weighted by Crippen LogP contribution is 2.32. The predicted molar refractivity (Wildman–Crippen MR) is 71.6 cm³/mol. The lowest BCUT2D eigenvalue weighted by Gasteiger charge is -2.23. The Morgan fingerprint density at radius 2 is 2.12 bits per heavy atom. The van der Waals surface area contributed by atoms with Gasteiger partial charge in [0.2, 0.25) is 0 Å². The molecule has 1 saturated heterocycles. The number of nitrogens with two attached hydrogens (primary N) is 1. The van der Waals surface area contributed by atoms with E-state index in [1.165, 1.54) is 11.1 Å². The van der Waals surface area contributed by atoms with Crippen molar-refractivity contribution in [2.75, 3.05) is 13.2 Å². The fraction of sp³-hybridized carbons (Fsp3) is 0.571. The summed E-state index contributed by atoms with van der Waals surface area (Å²) in [5, 5.41) is 0.884. The summed E-state index contributed by atoms with van der Waals surface area (Å²) < 4.78 is 5.38. The maximum Gasteiger partial charge on any atom is 0.0471 e. The summed E-state index contributed by atoms with van der Waals surface area (Å²) in [7, 11) is 0. The average molecular weight is 254 g/mol. The molecule has 1 aromatic rings. The fourth-order valence-corrected chi connectivity index (χ4v) is 2.77. The average Bonchev–Trinajstić information content (AvgIpc) is 2.29. The fourth-order valence-electron chi connectivity index (χ4n) is 2.41. The summed E-state index contributed by atoms with van der Waals surface area (Å²) in [5.74, 6) is 0.556. The highest BCUT2D eigenvalue weighted by atomic mass is 35.5. The first-order valence-corrected chi connectivity index (χ1v) is 6.66. The van der Waals surface area contributed by atoms with E-state index in [2.05, 4.69) is 18.2 Å². The lowest BCUT2D eigenvalue weighted by Crippen LogP contribution is -2.18. The second-order valence-electron chi connectivity index (χ2n) is 4.92. The van der Waals surface area contributed by atoms with Crippen LogP contribution in [0.2, 0.25) is 5.02 Å². The van der Waals surface area contributed by atoms with Gasteiger partial charge in [-0.1, -0.05) is 23.7 Å². The minimum atomic E-state index is 0.181. The summed E-state index contributed by atoms with van der Waals surface area (Å²) in [6.07, 6.45) is 3.03. The molecule has 17 heavy (non-hydrogen) atoms. The molecule has 3 heteroatoms. The van der Waals surface area contributed by atoms with Crippen LogP contribution in [-0.4, -0.2) is 19.3 Å². The molecule has 0 bridgehead atoms. The molecule has 1 atom stereocenters. The van der Waals surface area contributed by atoms with Crippen molar-refractivity contribution >= 4 is 11.6 Å². The van der Waals surface area contributed by atoms with Gasteiger partial charge in [-0.2, -0.15) is 0 Å². The van der Waals surface area contributed by atoms with E-state index in [-0.39, 0.29) is 6.04 Å². The van der Waals surface area contributed by atoms with Crippen LogP contribution in [0.1, 0.15) is 36.8 Å². The smallest absolute Gasteiger partial charge is 0.0471 e. The Morgan fingerprint density at radius 3 is 2.71 bits per heavy atom. The van der Waals surface area contributed by atoms with E-state index in [1.54, 1.807) is 0 Å². The number of halogens is 1. The van der Waals surface area contributed by atoms with E-state index in [0.717, 1.165) is 37.5 Å². The summed E-state index contributed by atoms with van der Waals surface area (Å²) in [6.45, 7) is 3.71. The van der Waals surface area contributed by atoms with Crippen molar-refractivity contribution in [1.82, 2.24) is 0 Å². The molecule has 0 aromatic heterocycles. The first-order valence-electron chi connectivity index (χ1n) is 6.28. The van der Waals surface area contributed by atoms with Crippen LogP contribution in [0, 0.1) is 0 Å². The molecule has 2 nitrogen and oxygen atoms in total. The van der Waals surface area contributed by atoms with Crippen LogP contribution in [0.3, 0.4) is 0 Å². The third-order valence-electron chi connectivity index (χ3n) is 3.28. The first-order chi connectivity index (χ1) is 8.16. The molecule has 1 heterocycles. The van der Waals surface area contributed by atoms with Crippen molar-refractivity contribution in [2.45, 2.75) is 38.1 Å². The SMILES string of the molecule is CC(N)Cc1ccc(C2CCOCC2)c(Cl)c1. The summed E-state index contributed by atoms with van der Waals surface area (Å²) in [4.78, 5) is 0. The topological polar surface area (TPSA) is 35.2 Å². The Hall–Kier alpha value is -0.570. The zero-order chi connectivity index (χ0) is 12.3. The van der Waals surface area contributed by atoms with Crippen LogP contribution >= 0.6 is 11.6 Å². The molecule has 94 valence electrons. The van der Waals surface area contributed by atoms with Crippen LogP contribution in [0.4, 0.5) is 0 Å². The largest absolute Gasteiger partial charge is 0.381 e. The summed E-state index contributed by atoms with van der Waals surface area (Å²) in [5.41, 5.74) is 8.29. The molecule has 1 aliphatic heterocycles. The molecule has 2 N–H and O–H groups in total. The van der Waals surface area contributed by atoms with E-state index in [4.69, 9.17) is 22.1 Å². The van der Waals surface area contributed by atoms with Crippen molar-refractivity contribution in [2.24, 2.45) is 5.73 Å². The van der Waals surface area contributed by atoms with Crippen LogP contribution in [0.5, 0.6) is 0 Å². The van der Waals surface area contributed by atoms with Gasteiger partial charge in [0.05, 0.1) is 0 Å². The molecule has 0 aliphatic carbocycles. The monoisotopic (exact) mass is 253 g/mol. The van der Waals surface area contributed by atoms with Crippen LogP contribution in [-0.2, 0) is 11.2 Å². The number of ether oxygens (including phenoxy) is 1. The van der Waals surface area contributed by atoms with Gasteiger partial charge in [0.15, 0.2) is 0 Å². The second-order valence-corrected chi connectivity index (χ2v) is 5.33. The van der Waals surface area contributed by atoms with Crippen molar-refractivity contribution in [3.8, 4) is 0 Å². The quantitative estimate of drug-likeness (QED) is 0.898. The maximum atomic E-state index is 6.36. The van der Waals surface area contributed by atoms with Gasteiger partial charge >= 0.3 is 0 Å². The van der Waals surface area contributed by atoms with Crippen molar-refractivity contribution in [1.29, 1.82) is 0 Å². The molecule has 0 spiro atoms. The van der Waals surface area contributed by atoms with Crippen LogP contribution < -0.4 is 5.73 Å². The van der Waals surface area contributed by atoms with Gasteiger partial charge in [0.1, 0.15) is 0 Å². The Morgan fingerprint density at radius 1 is 1.41 bits per heavy atom. The highest BCUT2D eigenvalue weighted by molar-refractivity contribution is 6.31. The van der Waals surface area contributed by atoms with Gasteiger partial charge in [-0.05, 0) is 49.3 Å². The third kappa shape index (κ3) is 3.44. The Labute approximate surface area is 108 Å². The number of benzene rings is 1. The standard InChI is InChI=1S/C14H20ClNO/c1-10(16)8-11-2-3-13(14(15)9-11)12-4-6-17-7-5-12/h2-3,9-10,12H,4-8,16H2,1H3. The second kappa shape index (κ2) is 5.85. The van der Waals surface area contributed by atoms with Gasteiger partial charge < -0.3 is 10.5 Å². The lowest BCUT2D eigenvalue weighted by atomic mass is 9.90. The highest BCUT2D eigenvalue weighted by Gasteiger charge is 2.18. The van der Waals surface area contributed by atoms with Crippen LogP contribution in [0.25, 0.3) is 0 Å². The number of hydrogen-bond acceptors (Lipinski definition) is 2. The molecule has 2 rings (SSSR count). The van der Waals surface area contributed by atoms with Crippen molar-refractivity contribution in [3.05, 3.63) is 34.3 Å². The zero-order valence-electron chi connectivity index (χ0n) is 10.3. The molecule has 0 radical (unpaired) electrons. The van der Waals surface area contributed by atoms with E-state index in [9.17, 15) is 0 Å². The van der Waals surface area contributed by atoms with Gasteiger partial charge in [-0.3, -0.25) is 0 Å². The van der Waals surface area contributed by atoms with E-state index < -0.39 is 0 Å². The van der Waals surface area contributed by atoms with Gasteiger partial charge in [-0.15, -0.1) is 0 Å². The third-order valence-corrected chi connectivity index (χ3v) is 3.61. The lowest BCUT2D eigenvalue weighted by molar-refractivity contribution is 0.0853. The Balaban J connectivity index is 2.13. The normalized spacial score (nSPS) is 19.2. The zero-order valence-corrected chi connectivity index (χ0v) is 11.0. The molecule has 1 aliphatic rings. The predicted octanol–water partition coefficient (Wildman–Crippen LogP) is 3.12. The van der Waals surface area contributed by atoms with E-state index >= 15 is 0 Å². The number of hydrogen-bond donors (Lipinski definition) is 1. The molecule has 0 amide bonds. The first kappa shape index (κ1) is 12.9. The minimum absolute atomic E-state index is 0.181. The van der Waals surface area contributed by atoms with Gasteiger partial charge in [0, 0.05) is 24.3 Å². The molecule has 1 aromatic carbocycles. The van der Waals surface area contributed by atoms with E-state index in [0.29, 0.717) is 5.92 Å². The number of rotatable bonds is 3. The Bertz CT molecular complexity index is 372. The molecular formula is C14H20ClNO. The van der Waals surface area contributed by atoms with E-state index in [1.807, 2.05) is 6.92 Å². The maximum absolute atomic E-state index is 6.36. The van der Waals surface area contributed by atoms with Crippen molar-refractivity contribution < 1.29 is 4.74 Å². The molecule has 1 fully saturated rings. The minimum Gasteiger partial charge on any atom is -0.381 e. The van der Waals surface area contributed by atoms with Gasteiger partial charge in [-0.25, -0.2) is 0 Å². The summed E-state index contributed by atoms with van der Waals surface area (Å²) >= 11 is 6.36. The molecule has 1 unspecified atom stereocenters. The van der Waals surface area contributed by atoms with Gasteiger partial charge in [0.25, 0.3) is 0 Å².